The van der Waals surface area contributed by atoms with E-state index in [1.165, 1.54) is 5.56 Å². The van der Waals surface area contributed by atoms with Gasteiger partial charge in [-0.1, -0.05) is 54.1 Å². The first-order valence-corrected chi connectivity index (χ1v) is 11.3. The van der Waals surface area contributed by atoms with Crippen LogP contribution < -0.4 is 5.73 Å². The topological polar surface area (TPSA) is 107 Å². The number of tetrazole rings is 1. The first-order chi connectivity index (χ1) is 15.9. The molecule has 0 spiro atoms. The molecule has 1 unspecified atom stereocenters. The van der Waals surface area contributed by atoms with Crippen LogP contribution >= 0.6 is 0 Å². The van der Waals surface area contributed by atoms with Crippen LogP contribution in [0.4, 0.5) is 0 Å². The van der Waals surface area contributed by atoms with Crippen molar-refractivity contribution in [3.05, 3.63) is 65.5 Å². The molecule has 2 N–H and O–H groups in total. The highest BCUT2D eigenvalue weighted by atomic mass is 16.2. The van der Waals surface area contributed by atoms with Crippen LogP contribution in [0, 0.1) is 19.3 Å². The quantitative estimate of drug-likeness (QED) is 0.600. The lowest BCUT2D eigenvalue weighted by Crippen LogP contribution is -2.53. The molecule has 1 saturated heterocycles. The molecule has 0 bridgehead atoms. The lowest BCUT2D eigenvalue weighted by atomic mass is 9.74. The van der Waals surface area contributed by atoms with E-state index in [2.05, 4.69) is 71.0 Å². The SMILES string of the molecule is Cc1ccc(-c2ccc(CC3(C(N)=O)CCCN(C(=O)CCn4nnnc4C)C3)cc2)cc1. The van der Waals surface area contributed by atoms with E-state index >= 15 is 0 Å². The van der Waals surface area contributed by atoms with Crippen molar-refractivity contribution in [2.45, 2.75) is 46.1 Å². The van der Waals surface area contributed by atoms with Gasteiger partial charge in [-0.05, 0) is 60.2 Å². The molecular formula is C25H30N6O2. The van der Waals surface area contributed by atoms with Gasteiger partial charge >= 0.3 is 0 Å². The van der Waals surface area contributed by atoms with Gasteiger partial charge in [0.15, 0.2) is 0 Å². The minimum atomic E-state index is -0.760. The Hall–Kier alpha value is -3.55. The molecule has 1 aliphatic heterocycles. The molecule has 0 radical (unpaired) electrons. The van der Waals surface area contributed by atoms with Crippen molar-refractivity contribution in [1.82, 2.24) is 25.1 Å². The predicted molar refractivity (Wildman–Crippen MR) is 125 cm³/mol. The summed E-state index contributed by atoms with van der Waals surface area (Å²) >= 11 is 0. The van der Waals surface area contributed by atoms with Crippen LogP contribution in [0.15, 0.2) is 48.5 Å². The molecule has 8 heteroatoms. The van der Waals surface area contributed by atoms with Crippen molar-refractivity contribution in [2.75, 3.05) is 13.1 Å². The number of amides is 2. The van der Waals surface area contributed by atoms with Crippen LogP contribution in [0.25, 0.3) is 11.1 Å². The number of aromatic nitrogens is 4. The monoisotopic (exact) mass is 446 g/mol. The van der Waals surface area contributed by atoms with Gasteiger partial charge in [-0.25, -0.2) is 4.68 Å². The summed E-state index contributed by atoms with van der Waals surface area (Å²) in [4.78, 5) is 27.3. The Bertz CT molecular complexity index is 1120. The number of likely N-dealkylation sites (tertiary alicyclic amines) is 1. The van der Waals surface area contributed by atoms with Gasteiger partial charge < -0.3 is 10.6 Å². The standard InChI is InChI=1S/C25H30N6O2/c1-18-4-8-21(9-5-18)22-10-6-20(7-11-22)16-25(24(26)33)13-3-14-30(17-25)23(32)12-15-31-19(2)27-28-29-31/h4-11H,3,12-17H2,1-2H3,(H2,26,33). The summed E-state index contributed by atoms with van der Waals surface area (Å²) in [5.74, 6) is 0.311. The van der Waals surface area contributed by atoms with Crippen molar-refractivity contribution >= 4 is 11.8 Å². The van der Waals surface area contributed by atoms with Crippen molar-refractivity contribution in [1.29, 1.82) is 0 Å². The second-order valence-electron chi connectivity index (χ2n) is 9.00. The average molecular weight is 447 g/mol. The van der Waals surface area contributed by atoms with Gasteiger partial charge in [-0.2, -0.15) is 0 Å². The fourth-order valence-corrected chi connectivity index (χ4v) is 4.54. The molecule has 0 aliphatic carbocycles. The van der Waals surface area contributed by atoms with E-state index in [1.807, 2.05) is 0 Å². The number of piperidine rings is 1. The third-order valence-corrected chi connectivity index (χ3v) is 6.58. The van der Waals surface area contributed by atoms with E-state index in [-0.39, 0.29) is 18.2 Å². The molecule has 1 atom stereocenters. The normalized spacial score (nSPS) is 18.3. The smallest absolute Gasteiger partial charge is 0.225 e. The fourth-order valence-electron chi connectivity index (χ4n) is 4.54. The molecule has 8 nitrogen and oxygen atoms in total. The third kappa shape index (κ3) is 5.10. The molecule has 2 amide bonds. The number of nitrogens with two attached hydrogens (primary N) is 1. The van der Waals surface area contributed by atoms with Crippen LogP contribution in [0.1, 0.15) is 36.2 Å². The number of hydrogen-bond donors (Lipinski definition) is 1. The van der Waals surface area contributed by atoms with E-state index < -0.39 is 5.41 Å². The minimum absolute atomic E-state index is 0.00931. The second-order valence-corrected chi connectivity index (χ2v) is 9.00. The van der Waals surface area contributed by atoms with Crippen LogP contribution in [-0.4, -0.2) is 50.0 Å². The Balaban J connectivity index is 1.45. The van der Waals surface area contributed by atoms with Crippen LogP contribution in [-0.2, 0) is 22.6 Å². The average Bonchev–Trinajstić information content (AvgIpc) is 3.23. The molecule has 0 saturated carbocycles. The summed E-state index contributed by atoms with van der Waals surface area (Å²) in [7, 11) is 0. The van der Waals surface area contributed by atoms with Gasteiger partial charge in [-0.15, -0.1) is 5.10 Å². The number of carbonyl (C=O) groups excluding carboxylic acids is 2. The largest absolute Gasteiger partial charge is 0.369 e. The van der Waals surface area contributed by atoms with E-state index in [9.17, 15) is 9.59 Å². The Labute approximate surface area is 193 Å². The Morgan fingerprint density at radius 3 is 2.30 bits per heavy atom. The number of hydrogen-bond acceptors (Lipinski definition) is 5. The summed E-state index contributed by atoms with van der Waals surface area (Å²) < 4.78 is 1.61. The van der Waals surface area contributed by atoms with Crippen molar-refractivity contribution < 1.29 is 9.59 Å². The summed E-state index contributed by atoms with van der Waals surface area (Å²) in [6, 6.07) is 16.7. The predicted octanol–water partition coefficient (Wildman–Crippen LogP) is 2.68. The first kappa shape index (κ1) is 22.6. The Morgan fingerprint density at radius 2 is 1.70 bits per heavy atom. The molecule has 1 aliphatic rings. The molecule has 3 aromatic rings. The highest BCUT2D eigenvalue weighted by Gasteiger charge is 2.42. The fraction of sp³-hybridized carbons (Fsp3) is 0.400. The molecule has 172 valence electrons. The van der Waals surface area contributed by atoms with Crippen molar-refractivity contribution in [2.24, 2.45) is 11.1 Å². The molecular weight excluding hydrogens is 416 g/mol. The van der Waals surface area contributed by atoms with Gasteiger partial charge in [0, 0.05) is 19.5 Å². The lowest BCUT2D eigenvalue weighted by Gasteiger charge is -2.41. The van der Waals surface area contributed by atoms with E-state index in [4.69, 9.17) is 5.73 Å². The highest BCUT2D eigenvalue weighted by molar-refractivity contribution is 5.83. The summed E-state index contributed by atoms with van der Waals surface area (Å²) in [6.07, 6.45) is 2.23. The lowest BCUT2D eigenvalue weighted by molar-refractivity contribution is -0.140. The Morgan fingerprint density at radius 1 is 1.03 bits per heavy atom. The van der Waals surface area contributed by atoms with Gasteiger partial charge in [0.1, 0.15) is 5.82 Å². The van der Waals surface area contributed by atoms with Crippen molar-refractivity contribution in [3.63, 3.8) is 0 Å². The second kappa shape index (κ2) is 9.52. The van der Waals surface area contributed by atoms with Gasteiger partial charge in [-0.3, -0.25) is 9.59 Å². The maximum atomic E-state index is 12.9. The zero-order valence-electron chi connectivity index (χ0n) is 19.2. The van der Waals surface area contributed by atoms with Crippen molar-refractivity contribution in [3.8, 4) is 11.1 Å². The Kier molecular flexibility index (Phi) is 6.53. The third-order valence-electron chi connectivity index (χ3n) is 6.58. The summed E-state index contributed by atoms with van der Waals surface area (Å²) in [5, 5.41) is 11.3. The number of benzene rings is 2. The number of primary amides is 1. The molecule has 2 aromatic carbocycles. The summed E-state index contributed by atoms with van der Waals surface area (Å²) in [5.41, 5.74) is 9.71. The summed E-state index contributed by atoms with van der Waals surface area (Å²) in [6.45, 7) is 5.26. The van der Waals surface area contributed by atoms with Gasteiger partial charge in [0.2, 0.25) is 11.8 Å². The molecule has 1 fully saturated rings. The van der Waals surface area contributed by atoms with Gasteiger partial charge in [0.25, 0.3) is 0 Å². The molecule has 33 heavy (non-hydrogen) atoms. The zero-order chi connectivity index (χ0) is 23.4. The minimum Gasteiger partial charge on any atom is -0.369 e. The number of carbonyl (C=O) groups is 2. The number of nitrogens with zero attached hydrogens (tertiary/aromatic N) is 5. The van der Waals surface area contributed by atoms with Crippen LogP contribution in [0.5, 0.6) is 0 Å². The number of rotatable bonds is 7. The molecule has 4 rings (SSSR count). The van der Waals surface area contributed by atoms with E-state index in [0.29, 0.717) is 38.3 Å². The zero-order valence-corrected chi connectivity index (χ0v) is 19.2. The molecule has 2 heterocycles. The maximum Gasteiger partial charge on any atom is 0.225 e. The van der Waals surface area contributed by atoms with E-state index in [0.717, 1.165) is 23.1 Å². The highest BCUT2D eigenvalue weighted by Crippen LogP contribution is 2.34. The first-order valence-electron chi connectivity index (χ1n) is 11.3. The van der Waals surface area contributed by atoms with Crippen LogP contribution in [0.3, 0.4) is 0 Å². The number of aryl methyl sites for hydroxylation is 3. The van der Waals surface area contributed by atoms with Gasteiger partial charge in [0.05, 0.1) is 12.0 Å². The van der Waals surface area contributed by atoms with Crippen LogP contribution in [0.2, 0.25) is 0 Å². The van der Waals surface area contributed by atoms with E-state index in [1.54, 1.807) is 16.5 Å². The maximum absolute atomic E-state index is 12.9. The molecule has 1 aromatic heterocycles.